The van der Waals surface area contributed by atoms with Crippen LogP contribution < -0.4 is 10.1 Å². The van der Waals surface area contributed by atoms with Crippen LogP contribution in [0.3, 0.4) is 0 Å². The molecule has 0 saturated carbocycles. The number of fused-ring (bicyclic) bond motifs is 2. The number of hydrogen-bond acceptors (Lipinski definition) is 4. The lowest BCUT2D eigenvalue weighted by Crippen LogP contribution is -2.39. The van der Waals surface area contributed by atoms with Crippen LogP contribution in [-0.4, -0.2) is 45.0 Å². The number of rotatable bonds is 3. The summed E-state index contributed by atoms with van der Waals surface area (Å²) in [6, 6.07) is 3.89. The summed E-state index contributed by atoms with van der Waals surface area (Å²) in [5.41, 5.74) is 0.656. The molecule has 2 aliphatic heterocycles. The molecular weight excluding hydrogens is 359 g/mol. The quantitative estimate of drug-likeness (QED) is 0.875. The van der Waals surface area contributed by atoms with Gasteiger partial charge in [0.05, 0.1) is 17.0 Å². The number of aryl methyl sites for hydroxylation is 1. The Labute approximate surface area is 148 Å². The zero-order valence-corrected chi connectivity index (χ0v) is 15.6. The van der Waals surface area contributed by atoms with Crippen molar-refractivity contribution in [1.82, 2.24) is 9.62 Å². The van der Waals surface area contributed by atoms with Crippen molar-refractivity contribution in [2.75, 3.05) is 20.2 Å². The second-order valence-corrected chi connectivity index (χ2v) is 8.36. The smallest absolute Gasteiger partial charge is 0.243 e. The standard InChI is InChI=1S/C15H21ClN2O3S.ClH/c1-10-7-14(21-2)13(16)8-15(10)22(19,20)18-6-5-11-3-4-12(9-18)17-11;/h7-8,11-12,17H,3-6,9H2,1-2H3;1H. The molecular formula is C15H22Cl2N2O3S. The van der Waals surface area contributed by atoms with Crippen LogP contribution in [0.2, 0.25) is 5.02 Å². The van der Waals surface area contributed by atoms with Gasteiger partial charge in [0.15, 0.2) is 0 Å². The first-order valence-corrected chi connectivity index (χ1v) is 9.34. The van der Waals surface area contributed by atoms with Gasteiger partial charge in [-0.1, -0.05) is 11.6 Å². The summed E-state index contributed by atoms with van der Waals surface area (Å²) in [5.74, 6) is 0.495. The highest BCUT2D eigenvalue weighted by atomic mass is 35.5. The van der Waals surface area contributed by atoms with E-state index < -0.39 is 10.0 Å². The van der Waals surface area contributed by atoms with E-state index in [0.29, 0.717) is 35.5 Å². The topological polar surface area (TPSA) is 58.6 Å². The lowest BCUT2D eigenvalue weighted by molar-refractivity contribution is 0.383. The third kappa shape index (κ3) is 3.61. The van der Waals surface area contributed by atoms with Gasteiger partial charge in [-0.25, -0.2) is 8.42 Å². The van der Waals surface area contributed by atoms with Crippen molar-refractivity contribution in [3.63, 3.8) is 0 Å². The predicted molar refractivity (Wildman–Crippen MR) is 93.3 cm³/mol. The molecule has 2 unspecified atom stereocenters. The minimum atomic E-state index is -3.53. The highest BCUT2D eigenvalue weighted by Gasteiger charge is 2.35. The van der Waals surface area contributed by atoms with E-state index in [1.54, 1.807) is 17.3 Å². The Morgan fingerprint density at radius 3 is 2.65 bits per heavy atom. The fraction of sp³-hybridized carbons (Fsp3) is 0.600. The maximum atomic E-state index is 13.0. The molecule has 5 nitrogen and oxygen atoms in total. The first-order valence-electron chi connectivity index (χ1n) is 7.52. The molecule has 0 amide bonds. The molecule has 2 fully saturated rings. The Morgan fingerprint density at radius 1 is 1.26 bits per heavy atom. The molecule has 3 rings (SSSR count). The lowest BCUT2D eigenvalue weighted by Gasteiger charge is -2.24. The van der Waals surface area contributed by atoms with E-state index in [0.717, 1.165) is 19.3 Å². The van der Waals surface area contributed by atoms with Crippen molar-refractivity contribution in [3.8, 4) is 5.75 Å². The molecule has 0 spiro atoms. The molecule has 0 aromatic heterocycles. The van der Waals surface area contributed by atoms with Gasteiger partial charge in [0, 0.05) is 25.2 Å². The van der Waals surface area contributed by atoms with E-state index >= 15 is 0 Å². The average Bonchev–Trinajstić information content (AvgIpc) is 2.79. The highest BCUT2D eigenvalue weighted by Crippen LogP contribution is 2.33. The number of benzene rings is 1. The van der Waals surface area contributed by atoms with E-state index in [1.165, 1.54) is 13.2 Å². The van der Waals surface area contributed by atoms with Crippen molar-refractivity contribution in [3.05, 3.63) is 22.7 Å². The zero-order chi connectivity index (χ0) is 15.9. The van der Waals surface area contributed by atoms with E-state index in [4.69, 9.17) is 16.3 Å². The molecule has 1 aromatic rings. The summed E-state index contributed by atoms with van der Waals surface area (Å²) in [4.78, 5) is 0.274. The molecule has 1 aromatic carbocycles. The molecule has 130 valence electrons. The van der Waals surface area contributed by atoms with Crippen LogP contribution in [0.25, 0.3) is 0 Å². The maximum absolute atomic E-state index is 13.0. The molecule has 2 bridgehead atoms. The minimum absolute atomic E-state index is 0. The third-order valence-corrected chi connectivity index (χ3v) is 6.86. The van der Waals surface area contributed by atoms with Gasteiger partial charge in [0.1, 0.15) is 5.75 Å². The van der Waals surface area contributed by atoms with E-state index in [1.807, 2.05) is 0 Å². The Hall–Kier alpha value is -0.530. The van der Waals surface area contributed by atoms with Gasteiger partial charge < -0.3 is 10.1 Å². The van der Waals surface area contributed by atoms with Gasteiger partial charge in [-0.15, -0.1) is 12.4 Å². The second kappa shape index (κ2) is 7.15. The molecule has 1 N–H and O–H groups in total. The van der Waals surface area contributed by atoms with Crippen LogP contribution in [0.5, 0.6) is 5.75 Å². The van der Waals surface area contributed by atoms with Gasteiger partial charge in [0.25, 0.3) is 0 Å². The van der Waals surface area contributed by atoms with Crippen molar-refractivity contribution < 1.29 is 13.2 Å². The van der Waals surface area contributed by atoms with E-state index in [2.05, 4.69) is 5.32 Å². The maximum Gasteiger partial charge on any atom is 0.243 e. The summed E-state index contributed by atoms with van der Waals surface area (Å²) in [7, 11) is -2.01. The van der Waals surface area contributed by atoms with Crippen molar-refractivity contribution >= 4 is 34.0 Å². The number of ether oxygens (including phenoxy) is 1. The number of nitrogens with one attached hydrogen (secondary N) is 1. The highest BCUT2D eigenvalue weighted by molar-refractivity contribution is 7.89. The number of methoxy groups -OCH3 is 1. The summed E-state index contributed by atoms with van der Waals surface area (Å²) in [5, 5.41) is 3.82. The average molecular weight is 381 g/mol. The number of halogens is 2. The summed E-state index contributed by atoms with van der Waals surface area (Å²) >= 11 is 6.12. The van der Waals surface area contributed by atoms with Crippen LogP contribution in [0, 0.1) is 6.92 Å². The summed E-state index contributed by atoms with van der Waals surface area (Å²) < 4.78 is 32.7. The number of sulfonamides is 1. The second-order valence-electron chi connectivity index (χ2n) is 6.04. The minimum Gasteiger partial charge on any atom is -0.495 e. The third-order valence-electron chi connectivity index (χ3n) is 4.55. The predicted octanol–water partition coefficient (Wildman–Crippen LogP) is 2.59. The molecule has 2 saturated heterocycles. The van der Waals surface area contributed by atoms with Gasteiger partial charge in [-0.05, 0) is 43.9 Å². The lowest BCUT2D eigenvalue weighted by atomic mass is 10.1. The van der Waals surface area contributed by atoms with Crippen LogP contribution >= 0.6 is 24.0 Å². The van der Waals surface area contributed by atoms with Crippen molar-refractivity contribution in [2.24, 2.45) is 0 Å². The fourth-order valence-electron chi connectivity index (χ4n) is 3.34. The Bertz CT molecular complexity index is 682. The first-order chi connectivity index (χ1) is 10.4. The molecule has 2 heterocycles. The number of nitrogens with zero attached hydrogens (tertiary/aromatic N) is 1. The largest absolute Gasteiger partial charge is 0.495 e. The van der Waals surface area contributed by atoms with Crippen molar-refractivity contribution in [1.29, 1.82) is 0 Å². The number of hydrogen-bond donors (Lipinski definition) is 1. The molecule has 23 heavy (non-hydrogen) atoms. The van der Waals surface area contributed by atoms with Crippen LogP contribution in [0.15, 0.2) is 17.0 Å². The van der Waals surface area contributed by atoms with Crippen LogP contribution in [-0.2, 0) is 10.0 Å². The molecule has 0 radical (unpaired) electrons. The Kier molecular flexibility index (Phi) is 5.85. The van der Waals surface area contributed by atoms with Gasteiger partial charge in [-0.3, -0.25) is 0 Å². The zero-order valence-electron chi connectivity index (χ0n) is 13.2. The van der Waals surface area contributed by atoms with Gasteiger partial charge in [-0.2, -0.15) is 4.31 Å². The summed E-state index contributed by atoms with van der Waals surface area (Å²) in [6.45, 7) is 2.86. The molecule has 2 aliphatic rings. The van der Waals surface area contributed by atoms with Crippen molar-refractivity contribution in [2.45, 2.75) is 43.2 Å². The van der Waals surface area contributed by atoms with E-state index in [-0.39, 0.29) is 23.3 Å². The molecule has 0 aliphatic carbocycles. The Morgan fingerprint density at radius 2 is 1.96 bits per heavy atom. The monoisotopic (exact) mass is 380 g/mol. The first kappa shape index (κ1) is 18.8. The van der Waals surface area contributed by atoms with Crippen LogP contribution in [0.4, 0.5) is 0 Å². The van der Waals surface area contributed by atoms with E-state index in [9.17, 15) is 8.42 Å². The molecule has 8 heteroatoms. The molecule has 2 atom stereocenters. The summed E-state index contributed by atoms with van der Waals surface area (Å²) in [6.07, 6.45) is 3.05. The van der Waals surface area contributed by atoms with Gasteiger partial charge in [0.2, 0.25) is 10.0 Å². The Balaban J connectivity index is 0.00000192. The fourth-order valence-corrected chi connectivity index (χ4v) is 5.38. The van der Waals surface area contributed by atoms with Gasteiger partial charge >= 0.3 is 0 Å². The normalized spacial score (nSPS) is 24.8. The SMILES string of the molecule is COc1cc(C)c(S(=O)(=O)N2CCC3CCC(C2)N3)cc1Cl.Cl. The van der Waals surface area contributed by atoms with Crippen LogP contribution in [0.1, 0.15) is 24.8 Å².